The SMILES string of the molecule is CC(=O)CCC(C)C(CCC(C)C)C(C)C. The second-order valence-electron chi connectivity index (χ2n) is 6.10. The van der Waals surface area contributed by atoms with Crippen LogP contribution in [0.3, 0.4) is 0 Å². The lowest BCUT2D eigenvalue weighted by molar-refractivity contribution is -0.117. The van der Waals surface area contributed by atoms with Crippen LogP contribution >= 0.6 is 0 Å². The van der Waals surface area contributed by atoms with E-state index in [4.69, 9.17) is 0 Å². The summed E-state index contributed by atoms with van der Waals surface area (Å²) in [6, 6.07) is 0. The first-order valence-corrected chi connectivity index (χ1v) is 6.84. The minimum absolute atomic E-state index is 0.332. The third-order valence-electron chi connectivity index (χ3n) is 3.62. The minimum Gasteiger partial charge on any atom is -0.300 e. The van der Waals surface area contributed by atoms with Gasteiger partial charge in [0.1, 0.15) is 5.78 Å². The van der Waals surface area contributed by atoms with E-state index in [1.165, 1.54) is 12.8 Å². The first kappa shape index (κ1) is 15.7. The zero-order chi connectivity index (χ0) is 12.7. The van der Waals surface area contributed by atoms with E-state index >= 15 is 0 Å². The lowest BCUT2D eigenvalue weighted by Crippen LogP contribution is -2.19. The van der Waals surface area contributed by atoms with Crippen LogP contribution in [-0.4, -0.2) is 5.78 Å². The van der Waals surface area contributed by atoms with Crippen molar-refractivity contribution in [3.8, 4) is 0 Å². The Morgan fingerprint density at radius 3 is 1.88 bits per heavy atom. The normalized spacial score (nSPS) is 15.5. The summed E-state index contributed by atoms with van der Waals surface area (Å²) >= 11 is 0. The third-order valence-corrected chi connectivity index (χ3v) is 3.62. The highest BCUT2D eigenvalue weighted by Crippen LogP contribution is 2.30. The molecule has 16 heavy (non-hydrogen) atoms. The van der Waals surface area contributed by atoms with Gasteiger partial charge < -0.3 is 4.79 Å². The Labute approximate surface area is 102 Å². The van der Waals surface area contributed by atoms with Gasteiger partial charge in [-0.15, -0.1) is 0 Å². The largest absolute Gasteiger partial charge is 0.300 e. The van der Waals surface area contributed by atoms with Crippen LogP contribution < -0.4 is 0 Å². The third kappa shape index (κ3) is 7.03. The van der Waals surface area contributed by atoms with Gasteiger partial charge in [-0.2, -0.15) is 0 Å². The zero-order valence-electron chi connectivity index (χ0n) is 12.0. The summed E-state index contributed by atoms with van der Waals surface area (Å²) < 4.78 is 0. The first-order chi connectivity index (χ1) is 7.34. The molecule has 2 atom stereocenters. The van der Waals surface area contributed by atoms with Gasteiger partial charge in [0.25, 0.3) is 0 Å². The van der Waals surface area contributed by atoms with E-state index in [2.05, 4.69) is 34.6 Å². The van der Waals surface area contributed by atoms with Crippen molar-refractivity contribution >= 4 is 5.78 Å². The fourth-order valence-corrected chi connectivity index (χ4v) is 2.45. The Morgan fingerprint density at radius 1 is 0.938 bits per heavy atom. The van der Waals surface area contributed by atoms with Gasteiger partial charge in [0.15, 0.2) is 0 Å². The maximum atomic E-state index is 11.0. The minimum atomic E-state index is 0.332. The van der Waals surface area contributed by atoms with Crippen LogP contribution in [0.25, 0.3) is 0 Å². The molecule has 0 aliphatic rings. The van der Waals surface area contributed by atoms with Gasteiger partial charge in [0, 0.05) is 6.42 Å². The Bertz CT molecular complexity index is 194. The average molecular weight is 226 g/mol. The molecule has 0 aliphatic heterocycles. The number of Topliss-reactive ketones (excluding diaryl/α,β-unsaturated/α-hetero) is 1. The van der Waals surface area contributed by atoms with Crippen molar-refractivity contribution < 1.29 is 4.79 Å². The molecular formula is C15H30O. The van der Waals surface area contributed by atoms with Gasteiger partial charge in [-0.1, -0.05) is 41.0 Å². The molecule has 0 saturated heterocycles. The van der Waals surface area contributed by atoms with Crippen molar-refractivity contribution in [3.05, 3.63) is 0 Å². The molecule has 0 amide bonds. The highest BCUT2D eigenvalue weighted by Gasteiger charge is 2.21. The van der Waals surface area contributed by atoms with Crippen LogP contribution in [0.1, 0.15) is 67.2 Å². The molecule has 0 spiro atoms. The van der Waals surface area contributed by atoms with E-state index in [0.717, 1.165) is 30.6 Å². The highest BCUT2D eigenvalue weighted by atomic mass is 16.1. The fraction of sp³-hybridized carbons (Fsp3) is 0.933. The predicted molar refractivity (Wildman–Crippen MR) is 71.5 cm³/mol. The second kappa shape index (κ2) is 7.86. The lowest BCUT2D eigenvalue weighted by Gasteiger charge is -2.28. The number of carbonyl (C=O) groups excluding carboxylic acids is 1. The van der Waals surface area contributed by atoms with Gasteiger partial charge in [0.2, 0.25) is 0 Å². The van der Waals surface area contributed by atoms with E-state index < -0.39 is 0 Å². The number of carbonyl (C=O) groups is 1. The van der Waals surface area contributed by atoms with Crippen molar-refractivity contribution in [2.45, 2.75) is 67.2 Å². The summed E-state index contributed by atoms with van der Waals surface area (Å²) in [5.74, 6) is 3.32. The molecule has 0 bridgehead atoms. The van der Waals surface area contributed by atoms with Crippen LogP contribution in [0.4, 0.5) is 0 Å². The van der Waals surface area contributed by atoms with Crippen LogP contribution in [0.5, 0.6) is 0 Å². The van der Waals surface area contributed by atoms with Crippen molar-refractivity contribution in [1.82, 2.24) is 0 Å². The van der Waals surface area contributed by atoms with Gasteiger partial charge in [-0.05, 0) is 43.4 Å². The van der Waals surface area contributed by atoms with E-state index in [0.29, 0.717) is 11.7 Å². The Hall–Kier alpha value is -0.330. The van der Waals surface area contributed by atoms with Gasteiger partial charge >= 0.3 is 0 Å². The van der Waals surface area contributed by atoms with Crippen molar-refractivity contribution in [3.63, 3.8) is 0 Å². The molecule has 0 aromatic heterocycles. The van der Waals surface area contributed by atoms with E-state index in [1.807, 2.05) is 0 Å². The molecule has 0 saturated carbocycles. The standard InChI is InChI=1S/C15H30O/c1-11(2)7-10-15(12(3)4)13(5)8-9-14(6)16/h11-13,15H,7-10H2,1-6H3. The van der Waals surface area contributed by atoms with Crippen LogP contribution in [-0.2, 0) is 4.79 Å². The molecular weight excluding hydrogens is 196 g/mol. The maximum absolute atomic E-state index is 11.0. The molecule has 0 fully saturated rings. The molecule has 0 rings (SSSR count). The zero-order valence-corrected chi connectivity index (χ0v) is 12.0. The molecule has 0 radical (unpaired) electrons. The van der Waals surface area contributed by atoms with Gasteiger partial charge in [0.05, 0.1) is 0 Å². The number of hydrogen-bond acceptors (Lipinski definition) is 1. The predicted octanol–water partition coefficient (Wildman–Crippen LogP) is 4.70. The van der Waals surface area contributed by atoms with Crippen molar-refractivity contribution in [2.75, 3.05) is 0 Å². The Balaban J connectivity index is 4.12. The molecule has 1 nitrogen and oxygen atoms in total. The molecule has 96 valence electrons. The van der Waals surface area contributed by atoms with E-state index in [9.17, 15) is 4.79 Å². The Kier molecular flexibility index (Phi) is 7.70. The highest BCUT2D eigenvalue weighted by molar-refractivity contribution is 5.75. The van der Waals surface area contributed by atoms with Crippen LogP contribution in [0.15, 0.2) is 0 Å². The summed E-state index contributed by atoms with van der Waals surface area (Å²) in [4.78, 5) is 11.0. The van der Waals surface area contributed by atoms with Crippen molar-refractivity contribution in [1.29, 1.82) is 0 Å². The molecule has 2 unspecified atom stereocenters. The first-order valence-electron chi connectivity index (χ1n) is 6.84. The average Bonchev–Trinajstić information content (AvgIpc) is 2.13. The maximum Gasteiger partial charge on any atom is 0.129 e. The van der Waals surface area contributed by atoms with Gasteiger partial charge in [-0.3, -0.25) is 0 Å². The summed E-state index contributed by atoms with van der Waals surface area (Å²) in [6.07, 6.45) is 4.45. The summed E-state index contributed by atoms with van der Waals surface area (Å²) in [6.45, 7) is 13.2. The monoisotopic (exact) mass is 226 g/mol. The molecule has 0 heterocycles. The van der Waals surface area contributed by atoms with Crippen LogP contribution in [0, 0.1) is 23.7 Å². The number of rotatable bonds is 8. The van der Waals surface area contributed by atoms with E-state index in [-0.39, 0.29) is 0 Å². The molecule has 0 aliphatic carbocycles. The topological polar surface area (TPSA) is 17.1 Å². The van der Waals surface area contributed by atoms with Crippen molar-refractivity contribution in [2.24, 2.45) is 23.7 Å². The molecule has 0 N–H and O–H groups in total. The van der Waals surface area contributed by atoms with Gasteiger partial charge in [-0.25, -0.2) is 0 Å². The second-order valence-corrected chi connectivity index (χ2v) is 6.10. The molecule has 0 aromatic carbocycles. The van der Waals surface area contributed by atoms with Crippen LogP contribution in [0.2, 0.25) is 0 Å². The Morgan fingerprint density at radius 2 is 1.50 bits per heavy atom. The number of ketones is 1. The molecule has 1 heteroatoms. The number of hydrogen-bond donors (Lipinski definition) is 0. The summed E-state index contributed by atoms with van der Waals surface area (Å²) in [5.41, 5.74) is 0. The smallest absolute Gasteiger partial charge is 0.129 e. The van der Waals surface area contributed by atoms with E-state index in [1.54, 1.807) is 6.92 Å². The fourth-order valence-electron chi connectivity index (χ4n) is 2.45. The summed E-state index contributed by atoms with van der Waals surface area (Å²) in [7, 11) is 0. The lowest BCUT2D eigenvalue weighted by atomic mass is 9.78. The quantitative estimate of drug-likeness (QED) is 0.586. The summed E-state index contributed by atoms with van der Waals surface area (Å²) in [5, 5.41) is 0. The molecule has 0 aromatic rings.